The Kier molecular flexibility index (Phi) is 6.17. The monoisotopic (exact) mass is 577 g/mol. The van der Waals surface area contributed by atoms with Crippen LogP contribution in [0.2, 0.25) is 10.0 Å². The average Bonchev–Trinajstić information content (AvgIpc) is 3.02. The van der Waals surface area contributed by atoms with Crippen molar-refractivity contribution >= 4 is 55.0 Å². The molecule has 0 aliphatic rings. The molecule has 0 aliphatic carbocycles. The van der Waals surface area contributed by atoms with Crippen molar-refractivity contribution in [2.45, 2.75) is 11.3 Å². The van der Waals surface area contributed by atoms with Crippen LogP contribution in [0.15, 0.2) is 35.6 Å². The summed E-state index contributed by atoms with van der Waals surface area (Å²) in [5.74, 6) is -0.546. The van der Waals surface area contributed by atoms with E-state index in [0.29, 0.717) is 10.4 Å². The molecular formula is C17H14Cl2F5N7O2S2. The largest absolute Gasteiger partial charge is 0.382 e. The van der Waals surface area contributed by atoms with Crippen molar-refractivity contribution in [3.05, 3.63) is 52.2 Å². The van der Waals surface area contributed by atoms with E-state index in [2.05, 4.69) is 15.1 Å². The zero-order valence-electron chi connectivity index (χ0n) is 17.3. The van der Waals surface area contributed by atoms with E-state index in [4.69, 9.17) is 28.9 Å². The van der Waals surface area contributed by atoms with Gasteiger partial charge in [0.25, 0.3) is 0 Å². The van der Waals surface area contributed by atoms with Crippen LogP contribution in [0.5, 0.6) is 0 Å². The predicted octanol–water partition coefficient (Wildman–Crippen LogP) is 5.09. The second-order valence-electron chi connectivity index (χ2n) is 7.09. The average molecular weight is 578 g/mol. The molecule has 0 atom stereocenters. The lowest BCUT2D eigenvalue weighted by molar-refractivity contribution is 0.364. The number of nitrogens with zero attached hydrogens (tertiary/aromatic N) is 6. The summed E-state index contributed by atoms with van der Waals surface area (Å²) in [6, 6.07) is 1.53. The molecule has 2 N–H and O–H groups in total. The van der Waals surface area contributed by atoms with Crippen molar-refractivity contribution in [1.29, 1.82) is 5.26 Å². The number of sulfonamides is 1. The second kappa shape index (κ2) is 8.08. The first kappa shape index (κ1) is 26.7. The van der Waals surface area contributed by atoms with Crippen LogP contribution in [0.3, 0.4) is 0 Å². The fourth-order valence-corrected chi connectivity index (χ4v) is 5.39. The Morgan fingerprint density at radius 1 is 1.17 bits per heavy atom. The number of hydrogen-bond donors (Lipinski definition) is 1. The maximum atomic E-state index is 13.2. The minimum absolute atomic E-state index is 0.0382. The predicted molar refractivity (Wildman–Crippen MR) is 122 cm³/mol. The fraction of sp³-hybridized carbons (Fsp3) is 0.176. The van der Waals surface area contributed by atoms with Crippen LogP contribution < -0.4 is 10.0 Å². The maximum Gasteiger partial charge on any atom is 0.310 e. The molecule has 2 heterocycles. The number of benzene rings is 1. The smallest absolute Gasteiger partial charge is 0.310 e. The summed E-state index contributed by atoms with van der Waals surface area (Å²) in [7, 11) is -14.2. The van der Waals surface area contributed by atoms with Gasteiger partial charge in [-0.3, -0.25) is 14.3 Å². The lowest BCUT2D eigenvalue weighted by Gasteiger charge is -2.40. The molecule has 9 nitrogen and oxygen atoms in total. The van der Waals surface area contributed by atoms with Gasteiger partial charge in [-0.05, 0) is 12.1 Å². The van der Waals surface area contributed by atoms with Gasteiger partial charge in [-0.15, -0.1) is 0 Å². The molecule has 1 aromatic carbocycles. The highest BCUT2D eigenvalue weighted by molar-refractivity contribution is 8.45. The molecule has 3 rings (SSSR count). The van der Waals surface area contributed by atoms with Gasteiger partial charge in [-0.2, -0.15) is 10.4 Å². The Balaban J connectivity index is 2.17. The van der Waals surface area contributed by atoms with Crippen molar-refractivity contribution in [1.82, 2.24) is 19.7 Å². The van der Waals surface area contributed by atoms with Gasteiger partial charge < -0.3 is 5.73 Å². The van der Waals surface area contributed by atoms with Crippen molar-refractivity contribution in [2.24, 2.45) is 0 Å². The Labute approximate surface area is 205 Å². The third-order valence-corrected chi connectivity index (χ3v) is 7.35. The van der Waals surface area contributed by atoms with E-state index in [1.807, 2.05) is 0 Å². The molecule has 0 amide bonds. The quantitative estimate of drug-likeness (QED) is 0.387. The summed E-state index contributed by atoms with van der Waals surface area (Å²) in [6.07, 6.45) is 5.04. The lowest BCUT2D eigenvalue weighted by Crippen LogP contribution is -2.33. The highest BCUT2D eigenvalue weighted by atomic mass is 35.5. The number of rotatable bonds is 7. The van der Waals surface area contributed by atoms with Crippen molar-refractivity contribution < 1.29 is 27.8 Å². The molecule has 35 heavy (non-hydrogen) atoms. The van der Waals surface area contributed by atoms with Crippen molar-refractivity contribution in [3.8, 4) is 11.8 Å². The minimum atomic E-state index is -10.1. The molecule has 18 heteroatoms. The van der Waals surface area contributed by atoms with Gasteiger partial charge in [0, 0.05) is 31.6 Å². The van der Waals surface area contributed by atoms with Crippen molar-refractivity contribution in [3.63, 3.8) is 0 Å². The van der Waals surface area contributed by atoms with Gasteiger partial charge in [0.15, 0.2) is 11.5 Å². The molecule has 0 unspecified atom stereocenters. The summed E-state index contributed by atoms with van der Waals surface area (Å²) in [4.78, 5) is 5.53. The van der Waals surface area contributed by atoms with Crippen molar-refractivity contribution in [2.75, 3.05) is 22.8 Å². The van der Waals surface area contributed by atoms with Crippen LogP contribution in [-0.4, -0.2) is 41.0 Å². The van der Waals surface area contributed by atoms with Crippen LogP contribution in [0.25, 0.3) is 5.69 Å². The molecule has 0 saturated heterocycles. The number of anilines is 2. The van der Waals surface area contributed by atoms with Crippen LogP contribution in [0.1, 0.15) is 11.4 Å². The van der Waals surface area contributed by atoms with E-state index >= 15 is 0 Å². The zero-order chi connectivity index (χ0) is 26.5. The molecule has 0 bridgehead atoms. The Morgan fingerprint density at radius 2 is 1.77 bits per heavy atom. The third kappa shape index (κ3) is 5.69. The topological polar surface area (TPSA) is 131 Å². The van der Waals surface area contributed by atoms with E-state index in [-0.39, 0.29) is 25.1 Å². The summed E-state index contributed by atoms with van der Waals surface area (Å²) >= 11 is 11.7. The third-order valence-electron chi connectivity index (χ3n) is 4.49. The molecule has 0 fully saturated rings. The van der Waals surface area contributed by atoms with Gasteiger partial charge in [-0.25, -0.2) is 13.1 Å². The van der Waals surface area contributed by atoms with Crippen LogP contribution >= 0.6 is 33.4 Å². The molecule has 190 valence electrons. The van der Waals surface area contributed by atoms with E-state index in [9.17, 15) is 33.1 Å². The normalized spacial score (nSPS) is 14.1. The summed E-state index contributed by atoms with van der Waals surface area (Å²) in [5, 5.41) is 11.5. The molecule has 0 aliphatic heterocycles. The van der Waals surface area contributed by atoms with Gasteiger partial charge in [0.05, 0.1) is 22.0 Å². The number of aromatic nitrogens is 4. The first-order valence-corrected chi connectivity index (χ1v) is 13.6. The first-order valence-electron chi connectivity index (χ1n) is 9.08. The molecular weight excluding hydrogens is 564 g/mol. The number of nitriles is 1. The zero-order valence-corrected chi connectivity index (χ0v) is 20.5. The molecule has 0 saturated carbocycles. The lowest BCUT2D eigenvalue weighted by atomic mass is 10.3. The summed E-state index contributed by atoms with van der Waals surface area (Å²) in [6.45, 7) is -0.271. The Hall–Kier alpha value is -2.87. The highest BCUT2D eigenvalue weighted by Gasteiger charge is 2.65. The Bertz CT molecular complexity index is 1440. The molecule has 3 aromatic rings. The molecule has 0 spiro atoms. The molecule has 2 aromatic heterocycles. The highest BCUT2D eigenvalue weighted by Crippen LogP contribution is 3.02. The van der Waals surface area contributed by atoms with Gasteiger partial charge in [0.1, 0.15) is 22.3 Å². The Morgan fingerprint density at radius 3 is 2.23 bits per heavy atom. The van der Waals surface area contributed by atoms with Gasteiger partial charge >= 0.3 is 10.2 Å². The van der Waals surface area contributed by atoms with Crippen LogP contribution in [-0.2, 0) is 16.4 Å². The fourth-order valence-electron chi connectivity index (χ4n) is 3.00. The van der Waals surface area contributed by atoms with Crippen LogP contribution in [0.4, 0.5) is 30.9 Å². The number of hydrogen-bond acceptors (Lipinski definition) is 7. The number of nitrogen functional groups attached to an aromatic ring is 1. The first-order chi connectivity index (χ1) is 15.8. The van der Waals surface area contributed by atoms with E-state index < -0.39 is 58.1 Å². The van der Waals surface area contributed by atoms with Gasteiger partial charge in [0.2, 0.25) is 10.0 Å². The van der Waals surface area contributed by atoms with E-state index in [1.54, 1.807) is 6.07 Å². The van der Waals surface area contributed by atoms with E-state index in [0.717, 1.165) is 10.6 Å². The summed E-state index contributed by atoms with van der Waals surface area (Å²) in [5.41, 5.74) is 4.91. The second-order valence-corrected chi connectivity index (χ2v) is 12.2. The van der Waals surface area contributed by atoms with E-state index in [1.165, 1.54) is 18.6 Å². The number of nitrogens with two attached hydrogens (primary N) is 1. The standard InChI is InChI=1S/C17H14Cl2F5N7O2S2/c1-34(32,33)30(5-2-10-9-27-3-4-28-10)16-14(8-25)29-31(17(16)26)15-12(18)6-11(7-13(15)19)35(20,21,22,23)24/h3-4,6-7,9H,2,5,26H2,1H3. The summed E-state index contributed by atoms with van der Waals surface area (Å²) < 4.78 is 92.4. The number of halogens is 7. The van der Waals surface area contributed by atoms with Gasteiger partial charge in [-0.1, -0.05) is 42.6 Å². The molecule has 0 radical (unpaired) electrons. The maximum absolute atomic E-state index is 13.2. The SMILES string of the molecule is CS(=O)(=O)N(CCc1cnccn1)c1c(C#N)nn(-c2c(Cl)cc(S(F)(F)(F)(F)F)cc2Cl)c1N. The minimum Gasteiger partial charge on any atom is -0.382 e. The van der Waals surface area contributed by atoms with Crippen LogP contribution in [0, 0.1) is 11.3 Å².